The number of nitrogens with one attached hydrogen (secondary N) is 2. The van der Waals surface area contributed by atoms with E-state index in [1.54, 1.807) is 6.92 Å². The van der Waals surface area contributed by atoms with Crippen molar-refractivity contribution in [3.8, 4) is 0 Å². The van der Waals surface area contributed by atoms with Crippen LogP contribution in [0.25, 0.3) is 0 Å². The highest BCUT2D eigenvalue weighted by molar-refractivity contribution is 5.73. The Kier molecular flexibility index (Phi) is 3.09. The molecule has 0 aromatic rings. The van der Waals surface area contributed by atoms with Crippen molar-refractivity contribution in [2.75, 3.05) is 13.1 Å². The molecule has 1 fully saturated rings. The summed E-state index contributed by atoms with van der Waals surface area (Å²) in [6.45, 7) is 5.66. The van der Waals surface area contributed by atoms with Gasteiger partial charge in [-0.25, -0.2) is 0 Å². The maximum atomic E-state index is 10.9. The van der Waals surface area contributed by atoms with Gasteiger partial charge in [-0.15, -0.1) is 0 Å². The normalized spacial score (nSPS) is 30.8. The van der Waals surface area contributed by atoms with Gasteiger partial charge in [-0.2, -0.15) is 0 Å². The monoisotopic (exact) mass is 170 g/mol. The Morgan fingerprint density at radius 1 is 1.50 bits per heavy atom. The Bertz CT molecular complexity index is 160. The van der Waals surface area contributed by atoms with Gasteiger partial charge in [0.2, 0.25) is 5.91 Å². The van der Waals surface area contributed by atoms with Gasteiger partial charge < -0.3 is 10.6 Å². The quantitative estimate of drug-likeness (QED) is 0.607. The summed E-state index contributed by atoms with van der Waals surface area (Å²) in [5.41, 5.74) is -0.0255. The summed E-state index contributed by atoms with van der Waals surface area (Å²) >= 11 is 0. The molecule has 1 saturated heterocycles. The summed E-state index contributed by atoms with van der Waals surface area (Å²) in [4.78, 5) is 10.9. The van der Waals surface area contributed by atoms with Crippen molar-refractivity contribution in [1.82, 2.24) is 10.6 Å². The molecule has 2 N–H and O–H groups in total. The van der Waals surface area contributed by atoms with Crippen LogP contribution in [0.2, 0.25) is 0 Å². The summed E-state index contributed by atoms with van der Waals surface area (Å²) in [7, 11) is 0. The zero-order valence-electron chi connectivity index (χ0n) is 7.94. The lowest BCUT2D eigenvalue weighted by molar-refractivity contribution is -0.120. The van der Waals surface area contributed by atoms with Crippen LogP contribution in [0.1, 0.15) is 33.1 Å². The smallest absolute Gasteiger partial charge is 0.217 e. The average molecular weight is 170 g/mol. The van der Waals surface area contributed by atoms with Crippen molar-refractivity contribution in [2.45, 2.75) is 38.6 Å². The zero-order valence-corrected chi connectivity index (χ0v) is 7.94. The summed E-state index contributed by atoms with van der Waals surface area (Å²) in [5, 5.41) is 6.33. The molecule has 0 spiro atoms. The molecule has 0 aromatic carbocycles. The first-order chi connectivity index (χ1) is 5.62. The third kappa shape index (κ3) is 2.81. The zero-order chi connectivity index (χ0) is 9.03. The molecule has 1 amide bonds. The number of hydrogen-bond donors (Lipinski definition) is 2. The van der Waals surface area contributed by atoms with Gasteiger partial charge in [-0.3, -0.25) is 4.79 Å². The van der Waals surface area contributed by atoms with E-state index in [-0.39, 0.29) is 11.4 Å². The number of rotatable bonds is 1. The first-order valence-electron chi connectivity index (χ1n) is 4.62. The van der Waals surface area contributed by atoms with Crippen LogP contribution in [-0.2, 0) is 4.79 Å². The Morgan fingerprint density at radius 3 is 2.92 bits per heavy atom. The van der Waals surface area contributed by atoms with Crippen LogP contribution < -0.4 is 10.6 Å². The molecule has 3 heteroatoms. The van der Waals surface area contributed by atoms with Crippen LogP contribution in [0.5, 0.6) is 0 Å². The average Bonchev–Trinajstić information content (AvgIpc) is 2.12. The SMILES string of the molecule is CC(=O)NC1(C)CCCCNC1. The van der Waals surface area contributed by atoms with Crippen LogP contribution in [0, 0.1) is 0 Å². The van der Waals surface area contributed by atoms with Gasteiger partial charge in [0.15, 0.2) is 0 Å². The van der Waals surface area contributed by atoms with Crippen molar-refractivity contribution in [1.29, 1.82) is 0 Å². The van der Waals surface area contributed by atoms with Crippen molar-refractivity contribution in [3.63, 3.8) is 0 Å². The first-order valence-corrected chi connectivity index (χ1v) is 4.62. The van der Waals surface area contributed by atoms with Crippen LogP contribution in [0.15, 0.2) is 0 Å². The highest BCUT2D eigenvalue weighted by Crippen LogP contribution is 2.15. The minimum absolute atomic E-state index is 0.0255. The maximum Gasteiger partial charge on any atom is 0.217 e. The van der Waals surface area contributed by atoms with Crippen LogP contribution in [0.4, 0.5) is 0 Å². The highest BCUT2D eigenvalue weighted by atomic mass is 16.1. The van der Waals surface area contributed by atoms with Gasteiger partial charge in [-0.1, -0.05) is 0 Å². The van der Waals surface area contributed by atoms with Gasteiger partial charge in [0, 0.05) is 19.0 Å². The molecule has 0 saturated carbocycles. The summed E-state index contributed by atoms with van der Waals surface area (Å²) < 4.78 is 0. The third-order valence-electron chi connectivity index (χ3n) is 2.33. The van der Waals surface area contributed by atoms with E-state index in [9.17, 15) is 4.79 Å². The molecular weight excluding hydrogens is 152 g/mol. The number of carbonyl (C=O) groups is 1. The first kappa shape index (κ1) is 9.52. The molecule has 3 nitrogen and oxygen atoms in total. The number of carbonyl (C=O) groups excluding carboxylic acids is 1. The lowest BCUT2D eigenvalue weighted by Gasteiger charge is -2.28. The molecule has 1 rings (SSSR count). The van der Waals surface area contributed by atoms with Gasteiger partial charge in [0.1, 0.15) is 0 Å². The molecule has 1 heterocycles. The number of amides is 1. The fourth-order valence-corrected chi connectivity index (χ4v) is 1.75. The van der Waals surface area contributed by atoms with E-state index in [2.05, 4.69) is 17.6 Å². The molecule has 0 aliphatic carbocycles. The minimum Gasteiger partial charge on any atom is -0.350 e. The minimum atomic E-state index is -0.0255. The summed E-state index contributed by atoms with van der Waals surface area (Å²) in [5.74, 6) is 0.0706. The van der Waals surface area contributed by atoms with Gasteiger partial charge in [-0.05, 0) is 32.7 Å². The second-order valence-corrected chi connectivity index (χ2v) is 3.88. The molecule has 1 aliphatic rings. The van der Waals surface area contributed by atoms with Gasteiger partial charge in [0.05, 0.1) is 0 Å². The molecule has 12 heavy (non-hydrogen) atoms. The topological polar surface area (TPSA) is 41.1 Å². The third-order valence-corrected chi connectivity index (χ3v) is 2.33. The molecule has 1 aliphatic heterocycles. The summed E-state index contributed by atoms with van der Waals surface area (Å²) in [6, 6.07) is 0. The van der Waals surface area contributed by atoms with Crippen molar-refractivity contribution in [3.05, 3.63) is 0 Å². The van der Waals surface area contributed by atoms with Crippen molar-refractivity contribution < 1.29 is 4.79 Å². The van der Waals surface area contributed by atoms with Crippen LogP contribution in [-0.4, -0.2) is 24.5 Å². The Morgan fingerprint density at radius 2 is 2.25 bits per heavy atom. The van der Waals surface area contributed by atoms with E-state index in [4.69, 9.17) is 0 Å². The number of hydrogen-bond acceptors (Lipinski definition) is 2. The van der Waals surface area contributed by atoms with E-state index in [1.165, 1.54) is 12.8 Å². The maximum absolute atomic E-state index is 10.9. The van der Waals surface area contributed by atoms with Crippen molar-refractivity contribution >= 4 is 5.91 Å². The predicted molar refractivity (Wildman–Crippen MR) is 48.9 cm³/mol. The van der Waals surface area contributed by atoms with E-state index in [0.29, 0.717) is 0 Å². The van der Waals surface area contributed by atoms with Gasteiger partial charge >= 0.3 is 0 Å². The highest BCUT2D eigenvalue weighted by Gasteiger charge is 2.25. The van der Waals surface area contributed by atoms with Crippen LogP contribution in [0.3, 0.4) is 0 Å². The van der Waals surface area contributed by atoms with E-state index >= 15 is 0 Å². The lowest BCUT2D eigenvalue weighted by atomic mass is 9.96. The Hall–Kier alpha value is -0.570. The molecule has 0 radical (unpaired) electrons. The molecule has 1 atom stereocenters. The molecular formula is C9H18N2O. The van der Waals surface area contributed by atoms with E-state index in [0.717, 1.165) is 19.5 Å². The molecule has 0 bridgehead atoms. The summed E-state index contributed by atoms with van der Waals surface area (Å²) in [6.07, 6.45) is 3.50. The fourth-order valence-electron chi connectivity index (χ4n) is 1.75. The molecule has 1 unspecified atom stereocenters. The van der Waals surface area contributed by atoms with Crippen LogP contribution >= 0.6 is 0 Å². The van der Waals surface area contributed by atoms with E-state index < -0.39 is 0 Å². The second-order valence-electron chi connectivity index (χ2n) is 3.88. The Balaban J connectivity index is 2.48. The fraction of sp³-hybridized carbons (Fsp3) is 0.889. The van der Waals surface area contributed by atoms with Crippen molar-refractivity contribution in [2.24, 2.45) is 0 Å². The predicted octanol–water partition coefficient (Wildman–Crippen LogP) is 0.655. The van der Waals surface area contributed by atoms with Gasteiger partial charge in [0.25, 0.3) is 0 Å². The standard InChI is InChI=1S/C9H18N2O/c1-8(12)11-9(2)5-3-4-6-10-7-9/h10H,3-7H2,1-2H3,(H,11,12). The Labute approximate surface area is 73.9 Å². The molecule has 70 valence electrons. The van der Waals surface area contributed by atoms with E-state index in [1.807, 2.05) is 0 Å². The lowest BCUT2D eigenvalue weighted by Crippen LogP contribution is -2.50. The molecule has 0 aromatic heterocycles. The second kappa shape index (κ2) is 3.90. The largest absolute Gasteiger partial charge is 0.350 e.